The number of carbonyl (C=O) groups excluding carboxylic acids is 3. The number of rotatable bonds is 6. The number of amides is 3. The van der Waals surface area contributed by atoms with Crippen LogP contribution in [0.4, 0.5) is 18.9 Å². The van der Waals surface area contributed by atoms with Gasteiger partial charge in [-0.25, -0.2) is 23.1 Å². The van der Waals surface area contributed by atoms with Gasteiger partial charge in [0, 0.05) is 40.9 Å². The highest BCUT2D eigenvalue weighted by atomic mass is 35.5. The molecule has 14 heteroatoms. The average Bonchev–Trinajstić information content (AvgIpc) is 3.62. The summed E-state index contributed by atoms with van der Waals surface area (Å²) in [6.45, 7) is -0.829. The summed E-state index contributed by atoms with van der Waals surface area (Å²) in [7, 11) is 0. The fraction of sp³-hybridized carbons (Fsp3) is 0.152. The molecule has 3 N–H and O–H groups in total. The van der Waals surface area contributed by atoms with Crippen LogP contribution in [-0.2, 0) is 16.1 Å². The summed E-state index contributed by atoms with van der Waals surface area (Å²) in [5.41, 5.74) is 6.32. The molecule has 3 amide bonds. The molecular formula is C33H23ClF3N7O3. The Labute approximate surface area is 270 Å². The zero-order chi connectivity index (χ0) is 33.2. The number of aromatic nitrogens is 4. The lowest BCUT2D eigenvalue weighted by Gasteiger charge is -2.24. The van der Waals surface area contributed by atoms with Crippen molar-refractivity contribution in [2.24, 2.45) is 5.73 Å². The second kappa shape index (κ2) is 12.9. The first kappa shape index (κ1) is 31.3. The Hall–Kier alpha value is -5.74. The summed E-state index contributed by atoms with van der Waals surface area (Å²) >= 11 is 6.11. The number of primary amides is 1. The molecule has 1 fully saturated rings. The van der Waals surface area contributed by atoms with Gasteiger partial charge in [-0.05, 0) is 54.5 Å². The topological polar surface area (TPSA) is 136 Å². The Kier molecular flexibility index (Phi) is 8.60. The van der Waals surface area contributed by atoms with E-state index in [1.165, 1.54) is 28.9 Å². The number of nitrogens with two attached hydrogens (primary N) is 1. The summed E-state index contributed by atoms with van der Waals surface area (Å²) in [6, 6.07) is 12.9. The molecule has 0 radical (unpaired) electrons. The minimum atomic E-state index is -1.52. The number of halogens is 4. The van der Waals surface area contributed by atoms with Crippen molar-refractivity contribution < 1.29 is 27.6 Å². The molecule has 236 valence electrons. The standard InChI is InChI=1S/C33H23ClF3N7O3/c34-24-14-19(35)7-8-21(24)22-3-1-4-25(30(22)37)41-33(47)27-15-20(36)16-43(27)29(45)17-44-26-9-5-18(6-10-28-39-11-2-12-40-28)13-23(26)31(42-44)32(38)46/h1-5,7-9,11-14,20,27H,15-17H2,(H2,38,46)(H,41,47)/t20-,27+/m1/s1. The molecule has 0 bridgehead atoms. The van der Waals surface area contributed by atoms with E-state index < -0.39 is 48.1 Å². The van der Waals surface area contributed by atoms with Crippen molar-refractivity contribution in [1.82, 2.24) is 24.6 Å². The summed E-state index contributed by atoms with van der Waals surface area (Å²) in [5.74, 6) is 2.26. The van der Waals surface area contributed by atoms with Crippen molar-refractivity contribution in [2.45, 2.75) is 25.2 Å². The molecule has 3 heterocycles. The molecule has 2 atom stereocenters. The van der Waals surface area contributed by atoms with Crippen LogP contribution in [0.5, 0.6) is 0 Å². The SMILES string of the molecule is NC(=O)c1nn(CC(=O)N2C[C@H](F)C[C@H]2C(=O)Nc2cccc(-c3ccc(F)cc3Cl)c2F)c2ccc(C#Cc3ncccn3)cc12. The fourth-order valence-electron chi connectivity index (χ4n) is 5.34. The number of likely N-dealkylation sites (tertiary alicyclic amines) is 1. The monoisotopic (exact) mass is 657 g/mol. The largest absolute Gasteiger partial charge is 0.364 e. The van der Waals surface area contributed by atoms with Gasteiger partial charge in [-0.3, -0.25) is 19.1 Å². The van der Waals surface area contributed by atoms with Crippen LogP contribution in [0.15, 0.2) is 73.1 Å². The molecule has 47 heavy (non-hydrogen) atoms. The average molecular weight is 658 g/mol. The molecule has 0 spiro atoms. The van der Waals surface area contributed by atoms with Gasteiger partial charge in [0.1, 0.15) is 24.6 Å². The molecule has 1 aliphatic heterocycles. The Morgan fingerprint density at radius 1 is 1.00 bits per heavy atom. The van der Waals surface area contributed by atoms with Gasteiger partial charge in [-0.15, -0.1) is 0 Å². The summed E-state index contributed by atoms with van der Waals surface area (Å²) in [6.07, 6.45) is 1.26. The van der Waals surface area contributed by atoms with E-state index in [0.717, 1.165) is 17.0 Å². The van der Waals surface area contributed by atoms with Crippen LogP contribution in [-0.4, -0.2) is 61.1 Å². The quantitative estimate of drug-likeness (QED) is 0.258. The van der Waals surface area contributed by atoms with Gasteiger partial charge < -0.3 is 16.0 Å². The first-order valence-electron chi connectivity index (χ1n) is 14.2. The van der Waals surface area contributed by atoms with Crippen molar-refractivity contribution in [3.05, 3.63) is 107 Å². The molecule has 1 saturated heterocycles. The third-order valence-electron chi connectivity index (χ3n) is 7.50. The molecule has 5 aromatic rings. The van der Waals surface area contributed by atoms with Gasteiger partial charge in [0.25, 0.3) is 5.91 Å². The van der Waals surface area contributed by atoms with E-state index >= 15 is 4.39 Å². The van der Waals surface area contributed by atoms with Crippen LogP contribution < -0.4 is 11.1 Å². The molecule has 0 unspecified atom stereocenters. The van der Waals surface area contributed by atoms with Crippen molar-refractivity contribution in [2.75, 3.05) is 11.9 Å². The maximum Gasteiger partial charge on any atom is 0.269 e. The van der Waals surface area contributed by atoms with Gasteiger partial charge in [0.05, 0.1) is 22.8 Å². The summed E-state index contributed by atoms with van der Waals surface area (Å²) in [5, 5.41) is 6.97. The maximum absolute atomic E-state index is 15.5. The zero-order valence-corrected chi connectivity index (χ0v) is 25.0. The van der Waals surface area contributed by atoms with Crippen LogP contribution in [0.3, 0.4) is 0 Å². The molecule has 3 aromatic carbocycles. The van der Waals surface area contributed by atoms with Crippen molar-refractivity contribution in [1.29, 1.82) is 0 Å². The zero-order valence-electron chi connectivity index (χ0n) is 24.3. The van der Waals surface area contributed by atoms with Crippen LogP contribution >= 0.6 is 11.6 Å². The van der Waals surface area contributed by atoms with Gasteiger partial charge >= 0.3 is 0 Å². The van der Waals surface area contributed by atoms with E-state index in [9.17, 15) is 23.2 Å². The molecule has 0 saturated carbocycles. The Bertz CT molecular complexity index is 2110. The van der Waals surface area contributed by atoms with Crippen LogP contribution in [0.2, 0.25) is 5.02 Å². The minimum absolute atomic E-state index is 0.00822. The lowest BCUT2D eigenvalue weighted by atomic mass is 10.0. The maximum atomic E-state index is 15.5. The predicted molar refractivity (Wildman–Crippen MR) is 167 cm³/mol. The Balaban J connectivity index is 1.23. The molecule has 6 rings (SSSR count). The number of fused-ring (bicyclic) bond motifs is 1. The number of benzene rings is 3. The predicted octanol–water partition coefficient (Wildman–Crippen LogP) is 4.50. The second-order valence-electron chi connectivity index (χ2n) is 10.6. The number of nitrogens with one attached hydrogen (secondary N) is 1. The van der Waals surface area contributed by atoms with E-state index in [-0.39, 0.29) is 40.5 Å². The first-order valence-corrected chi connectivity index (χ1v) is 14.5. The number of anilines is 1. The van der Waals surface area contributed by atoms with Crippen molar-refractivity contribution >= 4 is 45.9 Å². The molecule has 0 aliphatic carbocycles. The van der Waals surface area contributed by atoms with Crippen LogP contribution in [0.1, 0.15) is 28.3 Å². The van der Waals surface area contributed by atoms with Crippen molar-refractivity contribution in [3.8, 4) is 23.0 Å². The number of hydrogen-bond donors (Lipinski definition) is 2. The Morgan fingerprint density at radius 3 is 2.53 bits per heavy atom. The molecule has 10 nitrogen and oxygen atoms in total. The molecule has 2 aromatic heterocycles. The van der Waals surface area contributed by atoms with E-state index in [4.69, 9.17) is 17.3 Å². The number of hydrogen-bond acceptors (Lipinski definition) is 6. The van der Waals surface area contributed by atoms with Crippen LogP contribution in [0, 0.1) is 23.5 Å². The third kappa shape index (κ3) is 6.49. The number of alkyl halides is 1. The van der Waals surface area contributed by atoms with Gasteiger partial charge in [-0.1, -0.05) is 29.7 Å². The van der Waals surface area contributed by atoms with Gasteiger partial charge in [-0.2, -0.15) is 5.10 Å². The smallest absolute Gasteiger partial charge is 0.269 e. The lowest BCUT2D eigenvalue weighted by molar-refractivity contribution is -0.137. The first-order chi connectivity index (χ1) is 22.6. The number of nitrogens with zero attached hydrogens (tertiary/aromatic N) is 5. The van der Waals surface area contributed by atoms with Gasteiger partial charge in [0.15, 0.2) is 11.5 Å². The van der Waals surface area contributed by atoms with E-state index in [1.807, 2.05) is 0 Å². The van der Waals surface area contributed by atoms with Gasteiger partial charge in [0.2, 0.25) is 17.6 Å². The molecule has 1 aliphatic rings. The van der Waals surface area contributed by atoms with Crippen LogP contribution in [0.25, 0.3) is 22.0 Å². The highest BCUT2D eigenvalue weighted by molar-refractivity contribution is 6.33. The van der Waals surface area contributed by atoms with E-state index in [1.54, 1.807) is 36.7 Å². The Morgan fingerprint density at radius 2 is 1.79 bits per heavy atom. The van der Waals surface area contributed by atoms with E-state index in [0.29, 0.717) is 22.3 Å². The van der Waals surface area contributed by atoms with E-state index in [2.05, 4.69) is 32.2 Å². The molecular weight excluding hydrogens is 635 g/mol. The second-order valence-corrected chi connectivity index (χ2v) is 11.0. The third-order valence-corrected chi connectivity index (χ3v) is 7.82. The number of carbonyl (C=O) groups is 3. The summed E-state index contributed by atoms with van der Waals surface area (Å²) in [4.78, 5) is 48.2. The summed E-state index contributed by atoms with van der Waals surface area (Å²) < 4.78 is 44.9. The fourth-order valence-corrected chi connectivity index (χ4v) is 5.61. The minimum Gasteiger partial charge on any atom is -0.364 e. The lowest BCUT2D eigenvalue weighted by Crippen LogP contribution is -2.44. The van der Waals surface area contributed by atoms with Crippen molar-refractivity contribution in [3.63, 3.8) is 0 Å². The normalized spacial score (nSPS) is 15.7. The highest BCUT2D eigenvalue weighted by Crippen LogP contribution is 2.34. The highest BCUT2D eigenvalue weighted by Gasteiger charge is 2.40.